The molecular formula is C6H5N7. The number of imidazole rings is 1. The first kappa shape index (κ1) is 7.51. The zero-order chi connectivity index (χ0) is 9.26. The topological polar surface area (TPSA) is 103 Å². The van der Waals surface area contributed by atoms with Crippen molar-refractivity contribution < 1.29 is 0 Å². The van der Waals surface area contributed by atoms with E-state index < -0.39 is 0 Å². The Kier molecular flexibility index (Phi) is 1.57. The molecule has 2 heterocycles. The van der Waals surface area contributed by atoms with Gasteiger partial charge in [-0.25, -0.2) is 15.0 Å². The van der Waals surface area contributed by atoms with E-state index in [1.54, 1.807) is 6.92 Å². The Balaban J connectivity index is 2.84. The van der Waals surface area contributed by atoms with Gasteiger partial charge in [-0.05, 0) is 17.6 Å². The van der Waals surface area contributed by atoms with Crippen LogP contribution >= 0.6 is 0 Å². The molecule has 64 valence electrons. The highest BCUT2D eigenvalue weighted by Gasteiger charge is 2.04. The Morgan fingerprint density at radius 3 is 3.15 bits per heavy atom. The molecule has 2 aromatic rings. The van der Waals surface area contributed by atoms with Crippen LogP contribution in [0.15, 0.2) is 11.4 Å². The molecule has 0 unspecified atom stereocenters. The van der Waals surface area contributed by atoms with Crippen LogP contribution < -0.4 is 0 Å². The minimum absolute atomic E-state index is 0.280. The number of rotatable bonds is 1. The van der Waals surface area contributed by atoms with Crippen LogP contribution in [0.5, 0.6) is 0 Å². The van der Waals surface area contributed by atoms with Gasteiger partial charge in [0.1, 0.15) is 11.3 Å². The van der Waals surface area contributed by atoms with Gasteiger partial charge in [0.25, 0.3) is 0 Å². The summed E-state index contributed by atoms with van der Waals surface area (Å²) in [6.07, 6.45) is 1.48. The summed E-state index contributed by atoms with van der Waals surface area (Å²) in [6, 6.07) is 0. The third-order valence-electron chi connectivity index (χ3n) is 1.52. The van der Waals surface area contributed by atoms with E-state index in [4.69, 9.17) is 5.53 Å². The molecule has 0 radical (unpaired) electrons. The Morgan fingerprint density at radius 1 is 1.54 bits per heavy atom. The second-order valence-electron chi connectivity index (χ2n) is 2.39. The van der Waals surface area contributed by atoms with Crippen LogP contribution in [-0.2, 0) is 0 Å². The normalized spacial score (nSPS) is 9.92. The number of nitrogens with zero attached hydrogens (tertiary/aromatic N) is 6. The van der Waals surface area contributed by atoms with Gasteiger partial charge in [-0.15, -0.1) is 0 Å². The van der Waals surface area contributed by atoms with E-state index in [9.17, 15) is 0 Å². The lowest BCUT2D eigenvalue weighted by atomic mass is 10.5. The number of aryl methyl sites for hydroxylation is 1. The molecule has 0 aromatic carbocycles. The van der Waals surface area contributed by atoms with Gasteiger partial charge < -0.3 is 4.98 Å². The summed E-state index contributed by atoms with van der Waals surface area (Å²) in [5, 5.41) is 3.43. The SMILES string of the molecule is Cc1nc(N=[N+]=[N-])c2[nH]cnc2n1. The van der Waals surface area contributed by atoms with Crippen molar-refractivity contribution in [2.45, 2.75) is 6.92 Å². The highest BCUT2D eigenvalue weighted by atomic mass is 15.2. The zero-order valence-electron chi connectivity index (χ0n) is 6.76. The number of hydrogen-bond acceptors (Lipinski definition) is 4. The predicted molar refractivity (Wildman–Crippen MR) is 45.2 cm³/mol. The number of azide groups is 1. The molecule has 0 bridgehead atoms. The number of nitrogens with one attached hydrogen (secondary N) is 1. The maximum absolute atomic E-state index is 8.27. The highest BCUT2D eigenvalue weighted by Crippen LogP contribution is 2.18. The molecule has 2 rings (SSSR count). The molecule has 0 atom stereocenters. The third-order valence-corrected chi connectivity index (χ3v) is 1.52. The molecule has 7 nitrogen and oxygen atoms in total. The van der Waals surface area contributed by atoms with E-state index in [-0.39, 0.29) is 5.82 Å². The molecule has 0 saturated carbocycles. The average Bonchev–Trinajstić information content (AvgIpc) is 2.52. The Hall–Kier alpha value is -2.14. The lowest BCUT2D eigenvalue weighted by molar-refractivity contribution is 1.07. The second-order valence-corrected chi connectivity index (χ2v) is 2.39. The van der Waals surface area contributed by atoms with Crippen molar-refractivity contribution >= 4 is 17.0 Å². The monoisotopic (exact) mass is 175 g/mol. The fourth-order valence-corrected chi connectivity index (χ4v) is 1.04. The number of aromatic nitrogens is 4. The fourth-order valence-electron chi connectivity index (χ4n) is 1.04. The van der Waals surface area contributed by atoms with Gasteiger partial charge in [0.15, 0.2) is 11.5 Å². The van der Waals surface area contributed by atoms with Crippen LogP contribution in [0.3, 0.4) is 0 Å². The van der Waals surface area contributed by atoms with Crippen LogP contribution in [0.25, 0.3) is 21.6 Å². The molecule has 0 aliphatic heterocycles. The lowest BCUT2D eigenvalue weighted by Crippen LogP contribution is -1.88. The van der Waals surface area contributed by atoms with Gasteiger partial charge in [0.2, 0.25) is 0 Å². The Bertz CT molecular complexity index is 493. The average molecular weight is 175 g/mol. The van der Waals surface area contributed by atoms with Crippen LogP contribution in [0.1, 0.15) is 5.82 Å². The number of fused-ring (bicyclic) bond motifs is 1. The minimum atomic E-state index is 0.280. The quantitative estimate of drug-likeness (QED) is 0.404. The maximum atomic E-state index is 8.27. The van der Waals surface area contributed by atoms with Crippen molar-refractivity contribution in [2.24, 2.45) is 5.11 Å². The van der Waals surface area contributed by atoms with E-state index >= 15 is 0 Å². The summed E-state index contributed by atoms with van der Waals surface area (Å²) >= 11 is 0. The van der Waals surface area contributed by atoms with Crippen molar-refractivity contribution in [1.29, 1.82) is 0 Å². The molecule has 0 fully saturated rings. The summed E-state index contributed by atoms with van der Waals surface area (Å²) in [4.78, 5) is 17.4. The molecule has 0 spiro atoms. The standard InChI is InChI=1S/C6H5N7/c1-3-10-5-4(8-2-9-5)6(11-3)12-13-7/h2H,1H3,(H,8,9,10,11). The van der Waals surface area contributed by atoms with Crippen LogP contribution in [-0.4, -0.2) is 19.9 Å². The van der Waals surface area contributed by atoms with Gasteiger partial charge in [0.05, 0.1) is 6.33 Å². The minimum Gasteiger partial charge on any atom is -0.342 e. The first-order valence-electron chi connectivity index (χ1n) is 3.54. The summed E-state index contributed by atoms with van der Waals surface area (Å²) in [6.45, 7) is 1.71. The van der Waals surface area contributed by atoms with E-state index in [0.29, 0.717) is 17.0 Å². The smallest absolute Gasteiger partial charge is 0.181 e. The lowest BCUT2D eigenvalue weighted by Gasteiger charge is -1.94. The molecule has 1 N–H and O–H groups in total. The molecule has 0 saturated heterocycles. The second kappa shape index (κ2) is 2.72. The molecule has 0 amide bonds. The van der Waals surface area contributed by atoms with Gasteiger partial charge in [0, 0.05) is 4.91 Å². The summed E-state index contributed by atoms with van der Waals surface area (Å²) in [5.74, 6) is 0.810. The first-order chi connectivity index (χ1) is 6.31. The summed E-state index contributed by atoms with van der Waals surface area (Å²) in [5.41, 5.74) is 9.34. The maximum Gasteiger partial charge on any atom is 0.181 e. The van der Waals surface area contributed by atoms with Crippen LogP contribution in [0.4, 0.5) is 5.82 Å². The number of hydrogen-bond donors (Lipinski definition) is 1. The number of H-pyrrole nitrogens is 1. The van der Waals surface area contributed by atoms with Gasteiger partial charge in [-0.1, -0.05) is 0 Å². The van der Waals surface area contributed by atoms with Crippen molar-refractivity contribution in [3.8, 4) is 0 Å². The molecule has 0 aliphatic rings. The predicted octanol–water partition coefficient (Wildman–Crippen LogP) is 1.60. The van der Waals surface area contributed by atoms with E-state index in [1.165, 1.54) is 6.33 Å². The van der Waals surface area contributed by atoms with Crippen molar-refractivity contribution in [3.63, 3.8) is 0 Å². The van der Waals surface area contributed by atoms with Crippen LogP contribution in [0, 0.1) is 6.92 Å². The molecule has 7 heteroatoms. The first-order valence-corrected chi connectivity index (χ1v) is 3.54. The Morgan fingerprint density at radius 2 is 2.38 bits per heavy atom. The van der Waals surface area contributed by atoms with E-state index in [0.717, 1.165) is 0 Å². The largest absolute Gasteiger partial charge is 0.342 e. The summed E-state index contributed by atoms with van der Waals surface area (Å²) < 4.78 is 0. The molecule has 13 heavy (non-hydrogen) atoms. The third kappa shape index (κ3) is 1.17. The fraction of sp³-hybridized carbons (Fsp3) is 0.167. The van der Waals surface area contributed by atoms with Crippen molar-refractivity contribution in [2.75, 3.05) is 0 Å². The van der Waals surface area contributed by atoms with Gasteiger partial charge >= 0.3 is 0 Å². The van der Waals surface area contributed by atoms with Crippen molar-refractivity contribution in [1.82, 2.24) is 19.9 Å². The highest BCUT2D eigenvalue weighted by molar-refractivity contribution is 5.80. The van der Waals surface area contributed by atoms with E-state index in [1.807, 2.05) is 0 Å². The van der Waals surface area contributed by atoms with Gasteiger partial charge in [-0.3, -0.25) is 0 Å². The molecule has 2 aromatic heterocycles. The number of aromatic amines is 1. The zero-order valence-corrected chi connectivity index (χ0v) is 6.76. The Labute approximate surface area is 72.5 Å². The van der Waals surface area contributed by atoms with Crippen LogP contribution in [0.2, 0.25) is 0 Å². The van der Waals surface area contributed by atoms with Crippen molar-refractivity contribution in [3.05, 3.63) is 22.6 Å². The molecule has 0 aliphatic carbocycles. The molecular weight excluding hydrogens is 170 g/mol. The van der Waals surface area contributed by atoms with Gasteiger partial charge in [-0.2, -0.15) is 0 Å². The summed E-state index contributed by atoms with van der Waals surface area (Å²) in [7, 11) is 0. The van der Waals surface area contributed by atoms with E-state index in [2.05, 4.69) is 30.0 Å².